The van der Waals surface area contributed by atoms with Crippen LogP contribution in [-0.2, 0) is 4.79 Å². The molecule has 0 aliphatic carbocycles. The van der Waals surface area contributed by atoms with Gasteiger partial charge in [0.25, 0.3) is 0 Å². The topological polar surface area (TPSA) is 83.6 Å². The van der Waals surface area contributed by atoms with Crippen LogP contribution in [0.5, 0.6) is 0 Å². The summed E-state index contributed by atoms with van der Waals surface area (Å²) in [7, 11) is 0. The fourth-order valence-corrected chi connectivity index (χ4v) is 2.43. The molecule has 0 bridgehead atoms. The number of aryl methyl sites for hydroxylation is 2. The average Bonchev–Trinajstić information content (AvgIpc) is 2.56. The van der Waals surface area contributed by atoms with Gasteiger partial charge in [0, 0.05) is 19.0 Å². The molecule has 5 heteroatoms. The van der Waals surface area contributed by atoms with Crippen molar-refractivity contribution in [1.82, 2.24) is 0 Å². The van der Waals surface area contributed by atoms with Gasteiger partial charge >= 0.3 is 5.97 Å². The second-order valence-electron chi connectivity index (χ2n) is 4.75. The zero-order valence-corrected chi connectivity index (χ0v) is 10.4. The summed E-state index contributed by atoms with van der Waals surface area (Å²) in [5.41, 5.74) is 8.04. The number of carboxylic acids is 1. The fourth-order valence-electron chi connectivity index (χ4n) is 2.43. The van der Waals surface area contributed by atoms with E-state index in [-0.39, 0.29) is 23.9 Å². The second-order valence-corrected chi connectivity index (χ2v) is 4.75. The van der Waals surface area contributed by atoms with E-state index in [9.17, 15) is 14.7 Å². The van der Waals surface area contributed by atoms with E-state index in [0.717, 1.165) is 11.1 Å². The van der Waals surface area contributed by atoms with Gasteiger partial charge in [-0.25, -0.2) is 4.79 Å². The highest BCUT2D eigenvalue weighted by Crippen LogP contribution is 2.30. The van der Waals surface area contributed by atoms with E-state index in [1.807, 2.05) is 19.9 Å². The quantitative estimate of drug-likeness (QED) is 0.819. The summed E-state index contributed by atoms with van der Waals surface area (Å²) in [4.78, 5) is 24.6. The Hall–Kier alpha value is -1.88. The summed E-state index contributed by atoms with van der Waals surface area (Å²) >= 11 is 0. The molecule has 1 heterocycles. The van der Waals surface area contributed by atoms with Gasteiger partial charge in [0.1, 0.15) is 0 Å². The van der Waals surface area contributed by atoms with Crippen molar-refractivity contribution in [2.75, 3.05) is 11.4 Å². The van der Waals surface area contributed by atoms with Gasteiger partial charge in [-0.2, -0.15) is 0 Å². The lowest BCUT2D eigenvalue weighted by Gasteiger charge is -2.21. The standard InChI is InChI=1S/C13H16N2O3/c1-7-3-8(2)12(10(4-7)13(17)18)15-6-9(14)5-11(15)16/h3-4,9H,5-6,14H2,1-2H3,(H,17,18). The maximum Gasteiger partial charge on any atom is 0.337 e. The minimum Gasteiger partial charge on any atom is -0.478 e. The number of carbonyl (C=O) groups is 2. The van der Waals surface area contributed by atoms with Gasteiger partial charge in [-0.3, -0.25) is 4.79 Å². The van der Waals surface area contributed by atoms with Gasteiger partial charge in [-0.05, 0) is 31.0 Å². The number of nitrogens with zero attached hydrogens (tertiary/aromatic N) is 1. The molecule has 0 spiro atoms. The van der Waals surface area contributed by atoms with Crippen molar-refractivity contribution >= 4 is 17.6 Å². The minimum atomic E-state index is -1.02. The van der Waals surface area contributed by atoms with Gasteiger partial charge in [-0.1, -0.05) is 6.07 Å². The van der Waals surface area contributed by atoms with E-state index in [1.165, 1.54) is 4.90 Å². The van der Waals surface area contributed by atoms with Crippen LogP contribution in [0.2, 0.25) is 0 Å². The second kappa shape index (κ2) is 4.42. The van der Waals surface area contributed by atoms with Crippen LogP contribution in [0.3, 0.4) is 0 Å². The van der Waals surface area contributed by atoms with Gasteiger partial charge < -0.3 is 15.7 Å². The first-order valence-electron chi connectivity index (χ1n) is 5.80. The van der Waals surface area contributed by atoms with Gasteiger partial charge in [0.15, 0.2) is 0 Å². The van der Waals surface area contributed by atoms with Crippen molar-refractivity contribution in [3.63, 3.8) is 0 Å². The normalized spacial score (nSPS) is 19.4. The number of carboxylic acid groups (broad SMARTS) is 1. The Morgan fingerprint density at radius 3 is 2.61 bits per heavy atom. The maximum absolute atomic E-state index is 11.9. The Morgan fingerprint density at radius 1 is 1.44 bits per heavy atom. The van der Waals surface area contributed by atoms with Crippen molar-refractivity contribution < 1.29 is 14.7 Å². The number of nitrogens with two attached hydrogens (primary N) is 1. The van der Waals surface area contributed by atoms with Crippen molar-refractivity contribution in [3.8, 4) is 0 Å². The molecule has 18 heavy (non-hydrogen) atoms. The van der Waals surface area contributed by atoms with Gasteiger partial charge in [0.05, 0.1) is 11.3 Å². The molecule has 5 nitrogen and oxygen atoms in total. The molecule has 1 amide bonds. The SMILES string of the molecule is Cc1cc(C)c(N2CC(N)CC2=O)c(C(=O)O)c1. The molecule has 1 unspecified atom stereocenters. The molecule has 0 saturated carbocycles. The Morgan fingerprint density at radius 2 is 2.11 bits per heavy atom. The molecule has 1 saturated heterocycles. The third kappa shape index (κ3) is 2.09. The summed E-state index contributed by atoms with van der Waals surface area (Å²) in [5.74, 6) is -1.14. The molecular formula is C13H16N2O3. The smallest absolute Gasteiger partial charge is 0.337 e. The lowest BCUT2D eigenvalue weighted by Crippen LogP contribution is -2.30. The predicted molar refractivity (Wildman–Crippen MR) is 67.8 cm³/mol. The molecule has 1 aliphatic rings. The Bertz CT molecular complexity index is 525. The molecule has 1 aromatic rings. The molecule has 1 aliphatic heterocycles. The van der Waals surface area contributed by atoms with E-state index in [4.69, 9.17) is 5.73 Å². The number of anilines is 1. The Labute approximate surface area is 105 Å². The minimum absolute atomic E-state index is 0.114. The lowest BCUT2D eigenvalue weighted by molar-refractivity contribution is -0.117. The highest BCUT2D eigenvalue weighted by molar-refractivity contribution is 6.04. The van der Waals surface area contributed by atoms with Crippen LogP contribution in [0, 0.1) is 13.8 Å². The van der Waals surface area contributed by atoms with E-state index in [1.54, 1.807) is 6.07 Å². The Kier molecular flexibility index (Phi) is 3.09. The molecule has 96 valence electrons. The molecule has 1 fully saturated rings. The zero-order valence-electron chi connectivity index (χ0n) is 10.4. The third-order valence-electron chi connectivity index (χ3n) is 3.10. The molecule has 2 rings (SSSR count). The van der Waals surface area contributed by atoms with Crippen LogP contribution >= 0.6 is 0 Å². The van der Waals surface area contributed by atoms with Crippen LogP contribution in [0.15, 0.2) is 12.1 Å². The van der Waals surface area contributed by atoms with E-state index >= 15 is 0 Å². The van der Waals surface area contributed by atoms with Crippen molar-refractivity contribution in [3.05, 3.63) is 28.8 Å². The monoisotopic (exact) mass is 248 g/mol. The largest absolute Gasteiger partial charge is 0.478 e. The summed E-state index contributed by atoms with van der Waals surface area (Å²) in [6.45, 7) is 4.02. The number of carbonyl (C=O) groups excluding carboxylic acids is 1. The highest BCUT2D eigenvalue weighted by Gasteiger charge is 2.31. The van der Waals surface area contributed by atoms with E-state index in [2.05, 4.69) is 0 Å². The van der Waals surface area contributed by atoms with Crippen molar-refractivity contribution in [2.24, 2.45) is 5.73 Å². The summed E-state index contributed by atoms with van der Waals surface area (Å²) < 4.78 is 0. The molecule has 1 aromatic carbocycles. The number of rotatable bonds is 2. The first-order chi connectivity index (χ1) is 8.40. The molecule has 1 atom stereocenters. The van der Waals surface area contributed by atoms with Gasteiger partial charge in [0.2, 0.25) is 5.91 Å². The highest BCUT2D eigenvalue weighted by atomic mass is 16.4. The van der Waals surface area contributed by atoms with Crippen LogP contribution in [0.4, 0.5) is 5.69 Å². The first-order valence-corrected chi connectivity index (χ1v) is 5.80. The molecule has 3 N–H and O–H groups in total. The third-order valence-corrected chi connectivity index (χ3v) is 3.10. The zero-order chi connectivity index (χ0) is 13.4. The molecule has 0 radical (unpaired) electrons. The van der Waals surface area contributed by atoms with E-state index < -0.39 is 5.97 Å². The summed E-state index contributed by atoms with van der Waals surface area (Å²) in [6, 6.07) is 3.24. The Balaban J connectivity index is 2.56. The molecular weight excluding hydrogens is 232 g/mol. The van der Waals surface area contributed by atoms with Crippen molar-refractivity contribution in [2.45, 2.75) is 26.3 Å². The lowest BCUT2D eigenvalue weighted by atomic mass is 10.0. The number of amides is 1. The maximum atomic E-state index is 11.9. The molecule has 0 aromatic heterocycles. The summed E-state index contributed by atoms with van der Waals surface area (Å²) in [5, 5.41) is 9.26. The predicted octanol–water partition coefficient (Wildman–Crippen LogP) is 1.07. The number of aromatic carboxylic acids is 1. The van der Waals surface area contributed by atoms with Crippen LogP contribution in [-0.4, -0.2) is 29.6 Å². The van der Waals surface area contributed by atoms with Crippen LogP contribution < -0.4 is 10.6 Å². The van der Waals surface area contributed by atoms with Crippen LogP contribution in [0.1, 0.15) is 27.9 Å². The summed E-state index contributed by atoms with van der Waals surface area (Å²) in [6.07, 6.45) is 0.270. The van der Waals surface area contributed by atoms with E-state index in [0.29, 0.717) is 12.2 Å². The number of hydrogen-bond acceptors (Lipinski definition) is 3. The van der Waals surface area contributed by atoms with Crippen molar-refractivity contribution in [1.29, 1.82) is 0 Å². The van der Waals surface area contributed by atoms with Crippen LogP contribution in [0.25, 0.3) is 0 Å². The average molecular weight is 248 g/mol. The first kappa shape index (κ1) is 12.6. The van der Waals surface area contributed by atoms with Gasteiger partial charge in [-0.15, -0.1) is 0 Å². The number of hydrogen-bond donors (Lipinski definition) is 2. The number of benzene rings is 1. The fraction of sp³-hybridized carbons (Fsp3) is 0.385.